The highest BCUT2D eigenvalue weighted by atomic mass is 35.5. The molecule has 1 aliphatic heterocycles. The summed E-state index contributed by atoms with van der Waals surface area (Å²) in [6.45, 7) is 13.4. The van der Waals surface area contributed by atoms with Gasteiger partial charge in [-0.1, -0.05) is 48.5 Å². The number of aliphatic hydroxyl groups excluding tert-OH is 3. The van der Waals surface area contributed by atoms with Gasteiger partial charge in [0.2, 0.25) is 29.1 Å². The molecule has 0 radical (unpaired) electrons. The van der Waals surface area contributed by atoms with Gasteiger partial charge in [0.15, 0.2) is 6.23 Å². The van der Waals surface area contributed by atoms with Gasteiger partial charge in [0.1, 0.15) is 23.0 Å². The van der Waals surface area contributed by atoms with Crippen molar-refractivity contribution >= 4 is 68.3 Å². The highest BCUT2D eigenvalue weighted by molar-refractivity contribution is 6.21. The lowest BCUT2D eigenvalue weighted by atomic mass is 10.1. The standard InChI is InChI=1S/C22H13FN6.C16H15ClN2O3.C10H6FN5.C2H6O2/c1-24-20-7-5-16(11-18(20)23)21-13-27-22-26-12-17(29(22)28-21)10-14-4-6-19-15(9-14)3-2-8-25-19;17-12(16(22)19-14(20)5-6-15(19)21)9-10-3-4-13-11(8-10)2-1-7-18-13;1-13-8-3-2-6(4-7(8)11)9-5-14-10(12)16-15-9;3-1-2-4/h2-9,11-13H,10H2;1-4,7-8,12,16,22H,5-6,9H2;2-5H,(H2,12,14,16);3-4H,1-2H2. The molecule has 71 heavy (non-hydrogen) atoms. The fourth-order valence-corrected chi connectivity index (χ4v) is 7.37. The predicted molar refractivity (Wildman–Crippen MR) is 259 cm³/mol. The van der Waals surface area contributed by atoms with Crippen molar-refractivity contribution in [2.45, 2.75) is 37.3 Å². The smallest absolute Gasteiger partial charge is 0.250 e. The van der Waals surface area contributed by atoms with Gasteiger partial charge in [-0.25, -0.2) is 37.9 Å². The Morgan fingerprint density at radius 3 is 1.79 bits per heavy atom. The lowest BCUT2D eigenvalue weighted by molar-refractivity contribution is -0.149. The second kappa shape index (κ2) is 23.5. The van der Waals surface area contributed by atoms with E-state index < -0.39 is 23.2 Å². The number of rotatable bonds is 9. The Labute approximate surface area is 408 Å². The van der Waals surface area contributed by atoms with Crippen molar-refractivity contribution in [1.29, 1.82) is 0 Å². The fraction of sp³-hybridized carbons (Fsp3) is 0.160. The molecular weight excluding hydrogens is 936 g/mol. The molecule has 356 valence electrons. The number of likely N-dealkylation sites (tertiary alicyclic amines) is 1. The average molecular weight is 976 g/mol. The molecule has 4 aromatic carbocycles. The second-order valence-electron chi connectivity index (χ2n) is 15.3. The number of halogens is 3. The van der Waals surface area contributed by atoms with E-state index in [1.165, 1.54) is 30.5 Å². The lowest BCUT2D eigenvalue weighted by Crippen LogP contribution is -2.45. The lowest BCUT2D eigenvalue weighted by Gasteiger charge is -2.25. The number of nitrogens with two attached hydrogens (primary N) is 1. The number of amides is 2. The molecule has 6 heterocycles. The van der Waals surface area contributed by atoms with Crippen LogP contribution in [0, 0.1) is 24.8 Å². The number of anilines is 1. The number of nitrogens with zero attached hydrogens (tertiary/aromatic N) is 12. The number of carbonyl (C=O) groups is 2. The number of aliphatic hydroxyl groups is 3. The maximum Gasteiger partial charge on any atom is 0.250 e. The number of alkyl halides is 1. The van der Waals surface area contributed by atoms with Crippen LogP contribution < -0.4 is 5.73 Å². The van der Waals surface area contributed by atoms with Crippen molar-refractivity contribution < 1.29 is 33.7 Å². The van der Waals surface area contributed by atoms with E-state index in [0.29, 0.717) is 41.1 Å². The molecule has 0 bridgehead atoms. The number of imidazole rings is 1. The second-order valence-corrected chi connectivity index (χ2v) is 15.9. The number of benzene rings is 4. The maximum atomic E-state index is 14.0. The SMILES string of the molecule is O=C1CCC(=O)N1C(O)C(Cl)Cc1ccc2ncccc2c1.OCCO.[C-]#[N+]c1ccc(-c2cnc(N)nn2)cc1F.[C-]#[N+]c1ccc(-c2cnc3ncc(Cc4ccc5ncccc5c4)n3n2)cc1F. The van der Waals surface area contributed by atoms with Crippen molar-refractivity contribution in [2.75, 3.05) is 18.9 Å². The third kappa shape index (κ3) is 12.5. The zero-order valence-electron chi connectivity index (χ0n) is 37.3. The third-order valence-corrected chi connectivity index (χ3v) is 10.9. The molecule has 10 rings (SSSR count). The first kappa shape index (κ1) is 50.1. The minimum atomic E-state index is -1.30. The Hall–Kier alpha value is -8.79. The van der Waals surface area contributed by atoms with Crippen LogP contribution in [0.5, 0.6) is 0 Å². The van der Waals surface area contributed by atoms with Gasteiger partial charge >= 0.3 is 0 Å². The quantitative estimate of drug-likeness (QED) is 0.0633. The molecule has 1 saturated heterocycles. The van der Waals surface area contributed by atoms with E-state index in [-0.39, 0.29) is 55.2 Å². The van der Waals surface area contributed by atoms with Crippen molar-refractivity contribution in [2.24, 2.45) is 0 Å². The summed E-state index contributed by atoms with van der Waals surface area (Å²) in [5.74, 6) is -1.37. The molecule has 5 aromatic heterocycles. The third-order valence-electron chi connectivity index (χ3n) is 10.5. The van der Waals surface area contributed by atoms with Gasteiger partial charge in [-0.3, -0.25) is 24.5 Å². The van der Waals surface area contributed by atoms with Crippen LogP contribution in [-0.4, -0.2) is 102 Å². The number of hydrogen-bond donors (Lipinski definition) is 4. The van der Waals surface area contributed by atoms with Crippen LogP contribution in [0.4, 0.5) is 26.1 Å². The highest BCUT2D eigenvalue weighted by Crippen LogP contribution is 2.27. The number of pyridine rings is 2. The van der Waals surface area contributed by atoms with E-state index in [9.17, 15) is 23.5 Å². The molecule has 18 nitrogen and oxygen atoms in total. The number of aromatic nitrogens is 9. The zero-order chi connectivity index (χ0) is 50.4. The average Bonchev–Trinajstić information content (AvgIpc) is 3.96. The first-order valence-electron chi connectivity index (χ1n) is 21.4. The summed E-state index contributed by atoms with van der Waals surface area (Å²) in [6.07, 6.45) is 8.15. The highest BCUT2D eigenvalue weighted by Gasteiger charge is 2.37. The van der Waals surface area contributed by atoms with Crippen LogP contribution in [0.1, 0.15) is 29.7 Å². The number of hydrogen-bond acceptors (Lipinski definition) is 14. The van der Waals surface area contributed by atoms with Crippen LogP contribution in [0.25, 0.3) is 59.8 Å². The molecule has 2 amide bonds. The summed E-state index contributed by atoms with van der Waals surface area (Å²) < 4.78 is 29.0. The van der Waals surface area contributed by atoms with Crippen molar-refractivity contribution in [1.82, 2.24) is 49.6 Å². The Kier molecular flexibility index (Phi) is 16.6. The van der Waals surface area contributed by atoms with E-state index >= 15 is 0 Å². The van der Waals surface area contributed by atoms with Gasteiger partial charge in [0.25, 0.3) is 5.78 Å². The van der Waals surface area contributed by atoms with Crippen LogP contribution in [-0.2, 0) is 22.4 Å². The van der Waals surface area contributed by atoms with E-state index in [4.69, 9.17) is 40.7 Å². The van der Waals surface area contributed by atoms with Crippen LogP contribution in [0.2, 0.25) is 0 Å². The van der Waals surface area contributed by atoms with Crippen molar-refractivity contribution in [3.63, 3.8) is 0 Å². The molecule has 1 fully saturated rings. The molecule has 0 spiro atoms. The number of carbonyl (C=O) groups excluding carboxylic acids is 2. The minimum absolute atomic E-state index is 0.0168. The molecule has 0 aliphatic carbocycles. The Bertz CT molecular complexity index is 3420. The van der Waals surface area contributed by atoms with Gasteiger partial charge in [0.05, 0.1) is 67.1 Å². The summed E-state index contributed by atoms with van der Waals surface area (Å²) in [7, 11) is 0. The van der Waals surface area contributed by atoms with Crippen molar-refractivity contribution in [3.8, 4) is 22.5 Å². The summed E-state index contributed by atoms with van der Waals surface area (Å²) in [6, 6.07) is 28.2. The number of nitrogen functional groups attached to an aromatic ring is 1. The van der Waals surface area contributed by atoms with Crippen molar-refractivity contribution in [3.05, 3.63) is 179 Å². The molecular formula is C50H40ClF2N13O5. The first-order chi connectivity index (χ1) is 34.4. The molecule has 2 atom stereocenters. The van der Waals surface area contributed by atoms with Gasteiger partial charge in [-0.15, -0.1) is 21.8 Å². The van der Waals surface area contributed by atoms with Crippen LogP contribution in [0.3, 0.4) is 0 Å². The molecule has 2 unspecified atom stereocenters. The Morgan fingerprint density at radius 2 is 1.24 bits per heavy atom. The molecule has 9 aromatic rings. The maximum absolute atomic E-state index is 14.0. The summed E-state index contributed by atoms with van der Waals surface area (Å²) in [5, 5.41) is 38.6. The number of fused-ring (bicyclic) bond motifs is 3. The van der Waals surface area contributed by atoms with Gasteiger partial charge in [0, 0.05) is 53.6 Å². The van der Waals surface area contributed by atoms with Crippen LogP contribution in [0.15, 0.2) is 128 Å². The molecule has 21 heteroatoms. The fourth-order valence-electron chi connectivity index (χ4n) is 7.08. The van der Waals surface area contributed by atoms with E-state index in [1.54, 1.807) is 41.4 Å². The first-order valence-corrected chi connectivity index (χ1v) is 21.9. The molecule has 0 saturated carbocycles. The van der Waals surface area contributed by atoms with E-state index in [2.05, 4.69) is 56.0 Å². The van der Waals surface area contributed by atoms with E-state index in [0.717, 1.165) is 43.5 Å². The Balaban J connectivity index is 0.000000157. The molecule has 5 N–H and O–H groups in total. The summed E-state index contributed by atoms with van der Waals surface area (Å²) in [5.41, 5.74) is 11.9. The normalized spacial score (nSPS) is 12.7. The van der Waals surface area contributed by atoms with Gasteiger partial charge in [-0.05, 0) is 66.1 Å². The Morgan fingerprint density at radius 1 is 0.690 bits per heavy atom. The largest absolute Gasteiger partial charge is 0.394 e. The summed E-state index contributed by atoms with van der Waals surface area (Å²) >= 11 is 6.22. The van der Waals surface area contributed by atoms with Crippen LogP contribution >= 0.6 is 11.6 Å². The predicted octanol–water partition coefficient (Wildman–Crippen LogP) is 7.25. The summed E-state index contributed by atoms with van der Waals surface area (Å²) in [4.78, 5) is 51.3. The number of imide groups is 1. The monoisotopic (exact) mass is 975 g/mol. The molecule has 1 aliphatic rings. The topological polar surface area (TPSA) is 240 Å². The van der Waals surface area contributed by atoms with Gasteiger partial charge < -0.3 is 21.1 Å². The van der Waals surface area contributed by atoms with E-state index in [1.807, 2.05) is 54.6 Å². The van der Waals surface area contributed by atoms with Gasteiger partial charge in [-0.2, -0.15) is 5.10 Å². The zero-order valence-corrected chi connectivity index (χ0v) is 38.0. The minimum Gasteiger partial charge on any atom is -0.394 e.